The van der Waals surface area contributed by atoms with Gasteiger partial charge in [0.1, 0.15) is 0 Å². The molecule has 3 rings (SSSR count). The number of benzene rings is 1. The van der Waals surface area contributed by atoms with Crippen molar-refractivity contribution in [2.45, 2.75) is 12.7 Å². The molecular formula is C18H14F3N3O. The molecule has 0 spiro atoms. The maximum atomic E-state index is 12.7. The molecule has 0 saturated heterocycles. The lowest BCUT2D eigenvalue weighted by atomic mass is 10.1. The fourth-order valence-electron chi connectivity index (χ4n) is 2.62. The zero-order chi connectivity index (χ0) is 18.0. The molecule has 0 fully saturated rings. The van der Waals surface area contributed by atoms with E-state index < -0.39 is 11.7 Å². The van der Waals surface area contributed by atoms with Crippen molar-refractivity contribution in [1.82, 2.24) is 14.9 Å². The van der Waals surface area contributed by atoms with Crippen LogP contribution in [0.3, 0.4) is 0 Å². The number of hydrogen-bond acceptors (Lipinski definition) is 2. The van der Waals surface area contributed by atoms with E-state index >= 15 is 0 Å². The van der Waals surface area contributed by atoms with Gasteiger partial charge < -0.3 is 9.88 Å². The van der Waals surface area contributed by atoms with Gasteiger partial charge in [-0.05, 0) is 30.0 Å². The number of carbonyl (C=O) groups excluding carboxylic acids is 1. The predicted molar refractivity (Wildman–Crippen MR) is 87.9 cm³/mol. The quantitative estimate of drug-likeness (QED) is 0.778. The largest absolute Gasteiger partial charge is 0.416 e. The Labute approximate surface area is 141 Å². The monoisotopic (exact) mass is 345 g/mol. The number of aromatic nitrogens is 2. The first kappa shape index (κ1) is 16.8. The first-order valence-electron chi connectivity index (χ1n) is 7.41. The molecule has 0 atom stereocenters. The number of nitrogens with one attached hydrogen (secondary N) is 1. The van der Waals surface area contributed by atoms with Crippen LogP contribution in [0.5, 0.6) is 0 Å². The van der Waals surface area contributed by atoms with E-state index in [1.54, 1.807) is 23.0 Å². The fraction of sp³-hybridized carbons (Fsp3) is 0.111. The number of nitrogens with zero attached hydrogens (tertiary/aromatic N) is 2. The van der Waals surface area contributed by atoms with E-state index in [4.69, 9.17) is 0 Å². The highest BCUT2D eigenvalue weighted by Crippen LogP contribution is 2.29. The Morgan fingerprint density at radius 3 is 2.56 bits per heavy atom. The number of rotatable bonds is 4. The summed E-state index contributed by atoms with van der Waals surface area (Å²) < 4.78 is 39.8. The lowest BCUT2D eigenvalue weighted by Crippen LogP contribution is -2.18. The highest BCUT2D eigenvalue weighted by atomic mass is 19.4. The molecular weight excluding hydrogens is 331 g/mol. The minimum Gasteiger partial charge on any atom is -0.342 e. The predicted octanol–water partition coefficient (Wildman–Crippen LogP) is 3.98. The Morgan fingerprint density at radius 2 is 1.92 bits per heavy atom. The molecule has 3 aromatic rings. The third-order valence-corrected chi connectivity index (χ3v) is 3.78. The van der Waals surface area contributed by atoms with Crippen molar-refractivity contribution in [1.29, 1.82) is 0 Å². The number of amides is 1. The van der Waals surface area contributed by atoms with E-state index in [2.05, 4.69) is 16.9 Å². The third-order valence-electron chi connectivity index (χ3n) is 3.78. The van der Waals surface area contributed by atoms with Crippen molar-refractivity contribution in [2.75, 3.05) is 0 Å². The van der Waals surface area contributed by atoms with Crippen LogP contribution in [0.4, 0.5) is 13.2 Å². The Balaban J connectivity index is 1.97. The molecule has 0 aliphatic heterocycles. The van der Waals surface area contributed by atoms with Crippen LogP contribution in [0.2, 0.25) is 0 Å². The molecule has 128 valence electrons. The number of fused-ring (bicyclic) bond motifs is 1. The van der Waals surface area contributed by atoms with Gasteiger partial charge in [0.05, 0.1) is 16.6 Å². The minimum absolute atomic E-state index is 0.333. The van der Waals surface area contributed by atoms with Gasteiger partial charge in [-0.1, -0.05) is 18.7 Å². The van der Waals surface area contributed by atoms with Gasteiger partial charge in [-0.25, -0.2) is 0 Å². The molecule has 0 aliphatic carbocycles. The van der Waals surface area contributed by atoms with Crippen molar-refractivity contribution in [2.24, 2.45) is 0 Å². The van der Waals surface area contributed by atoms with Gasteiger partial charge in [0.2, 0.25) is 0 Å². The number of alkyl halides is 3. The standard InChI is InChI=1S/C18H14F3N3O/c1-2-23-17(25)15-10-22-9-13-7-8-24(16(13)15)11-12-3-5-14(6-4-12)18(19,20)21/h2-10H,1,11H2,(H,23,25). The van der Waals surface area contributed by atoms with E-state index in [1.807, 2.05) is 0 Å². The van der Waals surface area contributed by atoms with Crippen LogP contribution < -0.4 is 5.32 Å². The summed E-state index contributed by atoms with van der Waals surface area (Å²) in [5.41, 5.74) is 1.03. The average Bonchev–Trinajstić information content (AvgIpc) is 2.98. The van der Waals surface area contributed by atoms with Gasteiger partial charge in [0.25, 0.3) is 5.91 Å². The molecule has 2 heterocycles. The van der Waals surface area contributed by atoms with E-state index in [1.165, 1.54) is 24.5 Å². The minimum atomic E-state index is -4.36. The number of pyridine rings is 1. The lowest BCUT2D eigenvalue weighted by molar-refractivity contribution is -0.137. The van der Waals surface area contributed by atoms with Gasteiger partial charge in [-0.3, -0.25) is 9.78 Å². The Kier molecular flexibility index (Phi) is 4.31. The second-order valence-corrected chi connectivity index (χ2v) is 5.44. The summed E-state index contributed by atoms with van der Waals surface area (Å²) in [5, 5.41) is 3.27. The second-order valence-electron chi connectivity index (χ2n) is 5.44. The highest BCUT2D eigenvalue weighted by Gasteiger charge is 2.29. The molecule has 0 radical (unpaired) electrons. The second kappa shape index (κ2) is 6.43. The van der Waals surface area contributed by atoms with E-state index in [0.29, 0.717) is 23.2 Å². The van der Waals surface area contributed by atoms with Crippen molar-refractivity contribution in [3.8, 4) is 0 Å². The zero-order valence-corrected chi connectivity index (χ0v) is 13.0. The normalized spacial score (nSPS) is 11.5. The molecule has 2 aromatic heterocycles. The lowest BCUT2D eigenvalue weighted by Gasteiger charge is -2.11. The molecule has 0 bridgehead atoms. The molecule has 4 nitrogen and oxygen atoms in total. The molecule has 0 unspecified atom stereocenters. The molecule has 1 N–H and O–H groups in total. The average molecular weight is 345 g/mol. The summed E-state index contributed by atoms with van der Waals surface area (Å²) in [6.07, 6.45) is 1.77. The maximum absolute atomic E-state index is 12.7. The molecule has 25 heavy (non-hydrogen) atoms. The topological polar surface area (TPSA) is 46.9 Å². The number of halogens is 3. The van der Waals surface area contributed by atoms with Crippen LogP contribution in [-0.2, 0) is 12.7 Å². The Bertz CT molecular complexity index is 927. The van der Waals surface area contributed by atoms with E-state index in [-0.39, 0.29) is 5.91 Å². The van der Waals surface area contributed by atoms with Crippen LogP contribution in [0.25, 0.3) is 10.9 Å². The molecule has 7 heteroatoms. The van der Waals surface area contributed by atoms with Crippen LogP contribution in [0.15, 0.2) is 61.7 Å². The highest BCUT2D eigenvalue weighted by molar-refractivity contribution is 6.05. The summed E-state index contributed by atoms with van der Waals surface area (Å²) in [6, 6.07) is 6.76. The number of hydrogen-bond donors (Lipinski definition) is 1. The summed E-state index contributed by atoms with van der Waals surface area (Å²) in [4.78, 5) is 16.2. The van der Waals surface area contributed by atoms with Gasteiger partial charge in [0, 0.05) is 30.5 Å². The molecule has 0 aliphatic rings. The van der Waals surface area contributed by atoms with Crippen LogP contribution in [0, 0.1) is 0 Å². The van der Waals surface area contributed by atoms with Gasteiger partial charge in [-0.2, -0.15) is 13.2 Å². The van der Waals surface area contributed by atoms with E-state index in [9.17, 15) is 18.0 Å². The van der Waals surface area contributed by atoms with Crippen molar-refractivity contribution < 1.29 is 18.0 Å². The molecule has 0 saturated carbocycles. The molecule has 1 aromatic carbocycles. The fourth-order valence-corrected chi connectivity index (χ4v) is 2.62. The molecule has 1 amide bonds. The summed E-state index contributed by atoms with van der Waals surface area (Å²) in [5.74, 6) is -0.347. The van der Waals surface area contributed by atoms with Gasteiger partial charge in [0.15, 0.2) is 0 Å². The van der Waals surface area contributed by atoms with Crippen LogP contribution >= 0.6 is 0 Å². The first-order valence-corrected chi connectivity index (χ1v) is 7.41. The van der Waals surface area contributed by atoms with Gasteiger partial charge in [-0.15, -0.1) is 0 Å². The summed E-state index contributed by atoms with van der Waals surface area (Å²) in [6.45, 7) is 3.79. The van der Waals surface area contributed by atoms with Crippen LogP contribution in [0.1, 0.15) is 21.5 Å². The third kappa shape index (κ3) is 3.40. The zero-order valence-electron chi connectivity index (χ0n) is 13.0. The Hall–Kier alpha value is -3.09. The van der Waals surface area contributed by atoms with Gasteiger partial charge >= 0.3 is 6.18 Å². The van der Waals surface area contributed by atoms with Crippen molar-refractivity contribution >= 4 is 16.8 Å². The van der Waals surface area contributed by atoms with Crippen molar-refractivity contribution in [3.05, 3.63) is 78.4 Å². The SMILES string of the molecule is C=CNC(=O)c1cncc2ccn(Cc3ccc(C(F)(F)F)cc3)c12. The number of carbonyl (C=O) groups is 1. The van der Waals surface area contributed by atoms with Crippen molar-refractivity contribution in [3.63, 3.8) is 0 Å². The summed E-state index contributed by atoms with van der Waals surface area (Å²) in [7, 11) is 0. The van der Waals surface area contributed by atoms with E-state index in [0.717, 1.165) is 17.5 Å². The summed E-state index contributed by atoms with van der Waals surface area (Å²) >= 11 is 0. The first-order chi connectivity index (χ1) is 11.9. The maximum Gasteiger partial charge on any atom is 0.416 e. The van der Waals surface area contributed by atoms with Crippen LogP contribution in [-0.4, -0.2) is 15.5 Å². The Morgan fingerprint density at radius 1 is 1.20 bits per heavy atom. The smallest absolute Gasteiger partial charge is 0.342 e.